The van der Waals surface area contributed by atoms with Gasteiger partial charge in [0.1, 0.15) is 0 Å². The molecule has 0 aliphatic carbocycles. The van der Waals surface area contributed by atoms with E-state index in [0.717, 1.165) is 30.3 Å². The Morgan fingerprint density at radius 3 is 2.29 bits per heavy atom. The number of carbonyl (C=O) groups excluding carboxylic acids is 1. The number of nitro groups is 1. The van der Waals surface area contributed by atoms with Gasteiger partial charge in [-0.3, -0.25) is 14.9 Å². The molecule has 0 heterocycles. The van der Waals surface area contributed by atoms with Crippen molar-refractivity contribution in [3.8, 4) is 5.75 Å². The number of thioether (sulfide) groups is 1. The van der Waals surface area contributed by atoms with Gasteiger partial charge in [-0.1, -0.05) is 18.2 Å². The summed E-state index contributed by atoms with van der Waals surface area (Å²) >= 11 is -1.02. The Morgan fingerprint density at radius 2 is 1.68 bits per heavy atom. The predicted octanol–water partition coefficient (Wildman–Crippen LogP) is 5.49. The second-order valence-corrected chi connectivity index (χ2v) is 6.97. The van der Waals surface area contributed by atoms with E-state index in [-0.39, 0.29) is 11.4 Å². The molecule has 0 saturated carbocycles. The van der Waals surface area contributed by atoms with Crippen molar-refractivity contribution in [2.24, 2.45) is 0 Å². The molecule has 0 aliphatic rings. The number of carbonyl (C=O) groups is 1. The molecule has 0 atom stereocenters. The van der Waals surface area contributed by atoms with Crippen molar-refractivity contribution in [3.63, 3.8) is 0 Å². The first kappa shape index (κ1) is 24.2. The molecule has 0 bridgehead atoms. The number of alkyl halides is 7. The topological polar surface area (TPSA) is 81.5 Å². The number of halogens is 7. The van der Waals surface area contributed by atoms with Crippen LogP contribution < -0.4 is 10.1 Å². The number of benzene rings is 2. The van der Waals surface area contributed by atoms with E-state index in [1.54, 1.807) is 0 Å². The normalized spacial score (nSPS) is 12.4. The second kappa shape index (κ2) is 8.99. The van der Waals surface area contributed by atoms with Crippen molar-refractivity contribution in [3.05, 3.63) is 58.6 Å². The van der Waals surface area contributed by atoms with Crippen LogP contribution in [-0.2, 0) is 4.79 Å². The van der Waals surface area contributed by atoms with Gasteiger partial charge in [0, 0.05) is 16.6 Å². The zero-order valence-electron chi connectivity index (χ0n) is 15.0. The zero-order chi connectivity index (χ0) is 23.4. The lowest BCUT2D eigenvalue weighted by molar-refractivity contribution is -0.385. The molecule has 0 spiro atoms. The van der Waals surface area contributed by atoms with Crippen LogP contribution in [-0.4, -0.2) is 34.8 Å². The number of nitrogens with zero attached hydrogens (tertiary/aromatic N) is 1. The zero-order valence-corrected chi connectivity index (χ0v) is 15.8. The van der Waals surface area contributed by atoms with Gasteiger partial charge in [-0.25, -0.2) is 0 Å². The molecule has 2 aromatic rings. The van der Waals surface area contributed by atoms with Crippen LogP contribution in [0.25, 0.3) is 0 Å². The van der Waals surface area contributed by atoms with Crippen LogP contribution in [0, 0.1) is 10.1 Å². The number of amides is 1. The molecule has 14 heteroatoms. The highest BCUT2D eigenvalue weighted by Crippen LogP contribution is 2.53. The summed E-state index contributed by atoms with van der Waals surface area (Å²) < 4.78 is 94.8. The van der Waals surface area contributed by atoms with Crippen LogP contribution in [0.4, 0.5) is 42.1 Å². The standard InChI is InChI=1S/C17H11F7N2O4S/c18-15(19,16(20,21)22)17(23,24)31-11-5-3-4-10(8-11)25-14(27)9-30-13-7-2-1-6-12(13)26(28)29/h1-8H,9H2,(H,25,27). The number of anilines is 1. The Bertz CT molecular complexity index is 969. The van der Waals surface area contributed by atoms with Crippen LogP contribution in [0.1, 0.15) is 0 Å². The minimum atomic E-state index is -6.47. The van der Waals surface area contributed by atoms with Gasteiger partial charge in [0.25, 0.3) is 5.91 Å². The molecular weight excluding hydrogens is 461 g/mol. The fraction of sp³-hybridized carbons (Fsp3) is 0.235. The molecule has 0 radical (unpaired) electrons. The lowest BCUT2D eigenvalue weighted by Crippen LogP contribution is -2.49. The molecule has 1 N–H and O–H groups in total. The number of nitrogens with one attached hydrogen (secondary N) is 1. The Kier molecular flexibility index (Phi) is 7.03. The third-order valence-electron chi connectivity index (χ3n) is 3.51. The predicted molar refractivity (Wildman–Crippen MR) is 95.5 cm³/mol. The maximum Gasteiger partial charge on any atom is 0.460 e. The fourth-order valence-electron chi connectivity index (χ4n) is 2.08. The Hall–Kier alpha value is -3.03. The van der Waals surface area contributed by atoms with Crippen molar-refractivity contribution in [2.75, 3.05) is 11.9 Å². The van der Waals surface area contributed by atoms with E-state index in [1.165, 1.54) is 18.2 Å². The summed E-state index contributed by atoms with van der Waals surface area (Å²) in [6.07, 6.45) is -6.47. The lowest BCUT2D eigenvalue weighted by atomic mass is 10.3. The van der Waals surface area contributed by atoms with Crippen molar-refractivity contribution in [1.82, 2.24) is 0 Å². The molecule has 0 aliphatic heterocycles. The van der Waals surface area contributed by atoms with Gasteiger partial charge >= 0.3 is 23.0 Å². The highest BCUT2D eigenvalue weighted by atomic mass is 32.2. The third kappa shape index (κ3) is 5.77. The average molecular weight is 472 g/mol. The van der Waals surface area contributed by atoms with Crippen LogP contribution in [0.5, 0.6) is 5.75 Å². The SMILES string of the molecule is O=C(COc1ccccc1[N+](=O)[O-])Nc1cccc(SC(F)(F)C(F)(F)C(F)(F)F)c1. The Balaban J connectivity index is 2.06. The Morgan fingerprint density at radius 1 is 1.03 bits per heavy atom. The van der Waals surface area contributed by atoms with Gasteiger partial charge < -0.3 is 10.1 Å². The van der Waals surface area contributed by atoms with Crippen LogP contribution >= 0.6 is 11.8 Å². The molecule has 0 aromatic heterocycles. The molecule has 0 saturated heterocycles. The maximum atomic E-state index is 13.5. The van der Waals surface area contributed by atoms with Crippen LogP contribution in [0.15, 0.2) is 53.4 Å². The maximum absolute atomic E-state index is 13.5. The van der Waals surface area contributed by atoms with Crippen molar-refractivity contribution < 1.29 is 45.2 Å². The lowest BCUT2D eigenvalue weighted by Gasteiger charge is -2.27. The summed E-state index contributed by atoms with van der Waals surface area (Å²) in [4.78, 5) is 21.4. The van der Waals surface area contributed by atoms with Crippen LogP contribution in [0.2, 0.25) is 0 Å². The second-order valence-electron chi connectivity index (χ2n) is 5.78. The number of hydrogen-bond acceptors (Lipinski definition) is 5. The first-order valence-electron chi connectivity index (χ1n) is 8.02. The van der Waals surface area contributed by atoms with E-state index in [4.69, 9.17) is 4.74 Å². The number of ether oxygens (including phenoxy) is 1. The van der Waals surface area contributed by atoms with E-state index in [1.807, 2.05) is 0 Å². The number of nitro benzene ring substituents is 1. The molecule has 6 nitrogen and oxygen atoms in total. The number of para-hydroxylation sites is 2. The summed E-state index contributed by atoms with van der Waals surface area (Å²) in [5.41, 5.74) is -0.617. The molecule has 168 valence electrons. The molecule has 31 heavy (non-hydrogen) atoms. The van der Waals surface area contributed by atoms with E-state index in [2.05, 4.69) is 5.32 Å². The summed E-state index contributed by atoms with van der Waals surface area (Å²) in [6, 6.07) is 8.95. The van der Waals surface area contributed by atoms with Gasteiger partial charge in [-0.2, -0.15) is 30.7 Å². The van der Waals surface area contributed by atoms with E-state index < -0.39 is 57.1 Å². The number of rotatable bonds is 8. The summed E-state index contributed by atoms with van der Waals surface area (Å²) in [5, 5.41) is 7.52. The van der Waals surface area contributed by atoms with E-state index in [0.29, 0.717) is 0 Å². The van der Waals surface area contributed by atoms with Crippen LogP contribution in [0.3, 0.4) is 0 Å². The molecule has 2 aromatic carbocycles. The highest BCUT2D eigenvalue weighted by molar-refractivity contribution is 8.00. The minimum absolute atomic E-state index is 0.202. The summed E-state index contributed by atoms with van der Waals surface area (Å²) in [6.45, 7) is -0.732. The molecule has 1 amide bonds. The monoisotopic (exact) mass is 472 g/mol. The third-order valence-corrected chi connectivity index (χ3v) is 4.51. The summed E-state index contributed by atoms with van der Waals surface area (Å²) in [7, 11) is 0. The molecule has 0 unspecified atom stereocenters. The quantitative estimate of drug-likeness (QED) is 0.238. The smallest absolute Gasteiger partial charge is 0.460 e. The van der Waals surface area contributed by atoms with Gasteiger partial charge in [0.2, 0.25) is 0 Å². The van der Waals surface area contributed by atoms with Gasteiger partial charge in [-0.05, 0) is 36.0 Å². The van der Waals surface area contributed by atoms with Gasteiger partial charge in [0.05, 0.1) is 4.92 Å². The van der Waals surface area contributed by atoms with Gasteiger partial charge in [0.15, 0.2) is 12.4 Å². The first-order valence-corrected chi connectivity index (χ1v) is 8.84. The van der Waals surface area contributed by atoms with Crippen molar-refractivity contribution in [2.45, 2.75) is 22.2 Å². The van der Waals surface area contributed by atoms with Gasteiger partial charge in [-0.15, -0.1) is 0 Å². The molecule has 2 rings (SSSR count). The summed E-state index contributed by atoms with van der Waals surface area (Å²) in [5.74, 6) is -7.41. The Labute approximate surface area is 173 Å². The van der Waals surface area contributed by atoms with E-state index >= 15 is 0 Å². The average Bonchev–Trinajstić information content (AvgIpc) is 2.65. The number of hydrogen-bond donors (Lipinski definition) is 1. The largest absolute Gasteiger partial charge is 0.477 e. The van der Waals surface area contributed by atoms with Crippen molar-refractivity contribution in [1.29, 1.82) is 0 Å². The first-order chi connectivity index (χ1) is 14.2. The fourth-order valence-corrected chi connectivity index (χ4v) is 2.96. The minimum Gasteiger partial charge on any atom is -0.477 e. The molecular formula is C17H11F7N2O4S. The van der Waals surface area contributed by atoms with E-state index in [9.17, 15) is 45.6 Å². The molecule has 0 fully saturated rings. The van der Waals surface area contributed by atoms with Crippen molar-refractivity contribution >= 4 is 29.0 Å². The highest BCUT2D eigenvalue weighted by Gasteiger charge is 2.73.